The molecule has 0 saturated heterocycles. The van der Waals surface area contributed by atoms with Gasteiger partial charge >= 0.3 is 5.97 Å². The number of aliphatic carboxylic acids is 1. The van der Waals surface area contributed by atoms with Gasteiger partial charge in [0.15, 0.2) is 0 Å². The van der Waals surface area contributed by atoms with Gasteiger partial charge in [0.05, 0.1) is 0 Å². The van der Waals surface area contributed by atoms with Crippen molar-refractivity contribution in [1.29, 1.82) is 5.41 Å². The van der Waals surface area contributed by atoms with E-state index in [0.717, 1.165) is 5.01 Å². The van der Waals surface area contributed by atoms with Gasteiger partial charge in [-0.15, -0.1) is 0 Å². The lowest BCUT2D eigenvalue weighted by Crippen LogP contribution is -2.42. The fraction of sp³-hybridized carbons (Fsp3) is 0.600. The van der Waals surface area contributed by atoms with Crippen LogP contribution in [0.3, 0.4) is 0 Å². The van der Waals surface area contributed by atoms with Crippen LogP contribution in [0.5, 0.6) is 0 Å². The number of carboxylic acids is 1. The van der Waals surface area contributed by atoms with Crippen molar-refractivity contribution in [2.24, 2.45) is 11.6 Å². The highest BCUT2D eigenvalue weighted by Crippen LogP contribution is 1.89. The number of hydrogen-bond donors (Lipinski definition) is 4. The number of nitrogens with zero attached hydrogens (tertiary/aromatic N) is 1. The largest absolute Gasteiger partial charge is 0.481 e. The molecule has 0 unspecified atom stereocenters. The lowest BCUT2D eigenvalue weighted by Gasteiger charge is -2.14. The Kier molecular flexibility index (Phi) is 3.97. The van der Waals surface area contributed by atoms with Crippen molar-refractivity contribution in [2.45, 2.75) is 12.8 Å². The molecule has 0 radical (unpaired) electrons. The maximum absolute atomic E-state index is 10.0. The van der Waals surface area contributed by atoms with Gasteiger partial charge in [0.2, 0.25) is 5.96 Å². The van der Waals surface area contributed by atoms with E-state index in [1.807, 2.05) is 0 Å². The van der Waals surface area contributed by atoms with Gasteiger partial charge < -0.3 is 10.8 Å². The van der Waals surface area contributed by atoms with Crippen molar-refractivity contribution in [2.75, 3.05) is 6.54 Å². The van der Waals surface area contributed by atoms with Crippen LogP contribution < -0.4 is 11.6 Å². The molecule has 0 aliphatic heterocycles. The van der Waals surface area contributed by atoms with Gasteiger partial charge in [-0.3, -0.25) is 15.2 Å². The predicted octanol–water partition coefficient (Wildman–Crippen LogP) is -1.08. The molecular weight excluding hydrogens is 148 g/mol. The monoisotopic (exact) mass is 160 g/mol. The number of hydrogen-bond acceptors (Lipinski definition) is 3. The molecule has 11 heavy (non-hydrogen) atoms. The van der Waals surface area contributed by atoms with E-state index in [2.05, 4.69) is 0 Å². The van der Waals surface area contributed by atoms with Crippen LogP contribution in [-0.4, -0.2) is 28.6 Å². The maximum atomic E-state index is 10.0. The fourth-order valence-electron chi connectivity index (χ4n) is 0.521. The maximum Gasteiger partial charge on any atom is 0.303 e. The molecule has 0 aliphatic carbocycles. The Morgan fingerprint density at radius 2 is 2.18 bits per heavy atom. The molecule has 0 spiro atoms. The van der Waals surface area contributed by atoms with Crippen molar-refractivity contribution >= 4 is 11.9 Å². The Labute approximate surface area is 64.2 Å². The third-order valence-electron chi connectivity index (χ3n) is 1.10. The molecule has 0 aromatic rings. The molecule has 0 heterocycles. The van der Waals surface area contributed by atoms with Crippen LogP contribution in [0.2, 0.25) is 0 Å². The highest BCUT2D eigenvalue weighted by atomic mass is 16.4. The smallest absolute Gasteiger partial charge is 0.303 e. The molecule has 0 bridgehead atoms. The Balaban J connectivity index is 3.39. The summed E-state index contributed by atoms with van der Waals surface area (Å²) in [5.41, 5.74) is 4.99. The minimum Gasteiger partial charge on any atom is -0.481 e. The SMILES string of the molecule is N=C(N)N(N)CCCC(=O)O. The molecule has 0 rings (SSSR count). The van der Waals surface area contributed by atoms with Crippen molar-refractivity contribution in [3.05, 3.63) is 0 Å². The van der Waals surface area contributed by atoms with Crippen molar-refractivity contribution in [3.8, 4) is 0 Å². The van der Waals surface area contributed by atoms with E-state index in [-0.39, 0.29) is 12.4 Å². The molecule has 0 amide bonds. The van der Waals surface area contributed by atoms with Crippen molar-refractivity contribution in [1.82, 2.24) is 5.01 Å². The van der Waals surface area contributed by atoms with Crippen molar-refractivity contribution < 1.29 is 9.90 Å². The van der Waals surface area contributed by atoms with Gasteiger partial charge in [-0.1, -0.05) is 0 Å². The Morgan fingerprint density at radius 1 is 1.64 bits per heavy atom. The standard InChI is InChI=1S/C5H12N4O2/c6-5(7)9(8)3-1-2-4(10)11/h1-3,8H2,(H3,6,7)(H,10,11). The summed E-state index contributed by atoms with van der Waals surface area (Å²) < 4.78 is 0. The Bertz CT molecular complexity index is 159. The van der Waals surface area contributed by atoms with Crippen LogP contribution >= 0.6 is 0 Å². The molecule has 0 aromatic heterocycles. The molecular formula is C5H12N4O2. The predicted molar refractivity (Wildman–Crippen MR) is 39.7 cm³/mol. The van der Waals surface area contributed by atoms with E-state index in [0.29, 0.717) is 13.0 Å². The fourth-order valence-corrected chi connectivity index (χ4v) is 0.521. The lowest BCUT2D eigenvalue weighted by atomic mass is 10.3. The summed E-state index contributed by atoms with van der Waals surface area (Å²) in [6.07, 6.45) is 0.437. The number of hydrazine groups is 1. The minimum atomic E-state index is -0.873. The van der Waals surface area contributed by atoms with Gasteiger partial charge in [-0.05, 0) is 6.42 Å². The number of carboxylic acid groups (broad SMARTS) is 1. The topological polar surface area (TPSA) is 116 Å². The molecule has 0 atom stereocenters. The highest BCUT2D eigenvalue weighted by molar-refractivity contribution is 5.73. The minimum absolute atomic E-state index is 0.0426. The third kappa shape index (κ3) is 5.16. The molecule has 0 fully saturated rings. The zero-order valence-electron chi connectivity index (χ0n) is 6.08. The zero-order valence-corrected chi connectivity index (χ0v) is 6.08. The van der Waals surface area contributed by atoms with Crippen LogP contribution in [0.25, 0.3) is 0 Å². The molecule has 6 N–H and O–H groups in total. The van der Waals surface area contributed by atoms with Gasteiger partial charge in [0, 0.05) is 13.0 Å². The van der Waals surface area contributed by atoms with Crippen LogP contribution in [-0.2, 0) is 4.79 Å². The van der Waals surface area contributed by atoms with Gasteiger partial charge in [0.25, 0.3) is 0 Å². The molecule has 6 nitrogen and oxygen atoms in total. The lowest BCUT2D eigenvalue weighted by molar-refractivity contribution is -0.137. The van der Waals surface area contributed by atoms with E-state index in [4.69, 9.17) is 22.1 Å². The second-order valence-electron chi connectivity index (χ2n) is 2.08. The van der Waals surface area contributed by atoms with E-state index in [9.17, 15) is 4.79 Å². The Hall–Kier alpha value is -1.30. The number of guanidine groups is 1. The molecule has 64 valence electrons. The molecule has 0 aromatic carbocycles. The Morgan fingerprint density at radius 3 is 2.55 bits per heavy atom. The average Bonchev–Trinajstić information content (AvgIpc) is 1.86. The number of carbonyl (C=O) groups is 1. The van der Waals surface area contributed by atoms with E-state index < -0.39 is 5.97 Å². The van der Waals surface area contributed by atoms with Crippen molar-refractivity contribution in [3.63, 3.8) is 0 Å². The third-order valence-corrected chi connectivity index (χ3v) is 1.10. The molecule has 0 aliphatic rings. The summed E-state index contributed by atoms with van der Waals surface area (Å²) in [4.78, 5) is 10.0. The average molecular weight is 160 g/mol. The van der Waals surface area contributed by atoms with E-state index >= 15 is 0 Å². The summed E-state index contributed by atoms with van der Waals surface area (Å²) in [7, 11) is 0. The molecule has 6 heteroatoms. The van der Waals surface area contributed by atoms with Gasteiger partial charge in [-0.25, -0.2) is 5.84 Å². The van der Waals surface area contributed by atoms with E-state index in [1.165, 1.54) is 0 Å². The summed E-state index contributed by atoms with van der Waals surface area (Å²) >= 11 is 0. The van der Waals surface area contributed by atoms with Gasteiger partial charge in [0.1, 0.15) is 0 Å². The number of rotatable bonds is 4. The summed E-state index contributed by atoms with van der Waals surface area (Å²) in [6.45, 7) is 0.293. The zero-order chi connectivity index (χ0) is 8.85. The van der Waals surface area contributed by atoms with E-state index in [1.54, 1.807) is 0 Å². The first-order chi connectivity index (χ1) is 5.04. The summed E-state index contributed by atoms with van der Waals surface area (Å²) in [5, 5.41) is 16.0. The second kappa shape index (κ2) is 4.51. The normalized spacial score (nSPS) is 9.18. The highest BCUT2D eigenvalue weighted by Gasteiger charge is 2.01. The summed E-state index contributed by atoms with van der Waals surface area (Å²) in [5.74, 6) is 4.07. The second-order valence-corrected chi connectivity index (χ2v) is 2.08. The number of nitrogens with one attached hydrogen (secondary N) is 1. The number of nitrogens with two attached hydrogens (primary N) is 2. The first kappa shape index (κ1) is 9.70. The van der Waals surface area contributed by atoms with Crippen LogP contribution in [0, 0.1) is 5.41 Å². The first-order valence-electron chi connectivity index (χ1n) is 3.12. The summed E-state index contributed by atoms with van der Waals surface area (Å²) in [6, 6.07) is 0. The van der Waals surface area contributed by atoms with Crippen LogP contribution in [0.15, 0.2) is 0 Å². The first-order valence-corrected chi connectivity index (χ1v) is 3.12. The van der Waals surface area contributed by atoms with Crippen LogP contribution in [0.1, 0.15) is 12.8 Å². The van der Waals surface area contributed by atoms with Gasteiger partial charge in [-0.2, -0.15) is 0 Å². The quantitative estimate of drug-likeness (QED) is 0.181. The van der Waals surface area contributed by atoms with Crippen LogP contribution in [0.4, 0.5) is 0 Å². The molecule has 0 saturated carbocycles.